The first-order chi connectivity index (χ1) is 12.7. The minimum Gasteiger partial charge on any atom is -0.353 e. The van der Waals surface area contributed by atoms with Gasteiger partial charge in [-0.1, -0.05) is 23.4 Å². The van der Waals surface area contributed by atoms with E-state index in [1.54, 1.807) is 34.8 Å². The summed E-state index contributed by atoms with van der Waals surface area (Å²) in [4.78, 5) is 6.49. The van der Waals surface area contributed by atoms with Crippen LogP contribution in [0.3, 0.4) is 0 Å². The molecule has 3 aromatic rings. The molecular formula is C19H18FN5S. The van der Waals surface area contributed by atoms with Gasteiger partial charge in [0, 0.05) is 24.6 Å². The molecule has 1 atom stereocenters. The van der Waals surface area contributed by atoms with Gasteiger partial charge in [-0.25, -0.2) is 9.07 Å². The van der Waals surface area contributed by atoms with E-state index in [1.165, 1.54) is 17.8 Å². The SMILES string of the molecule is CC1=CSC(c2cn(Cc3ccc(F)cc3)nn2)N1Cc1cccnc1. The summed E-state index contributed by atoms with van der Waals surface area (Å²) in [7, 11) is 0. The van der Waals surface area contributed by atoms with Crippen molar-refractivity contribution < 1.29 is 4.39 Å². The van der Waals surface area contributed by atoms with Crippen LogP contribution in [0.15, 0.2) is 66.1 Å². The van der Waals surface area contributed by atoms with Crippen LogP contribution in [0.5, 0.6) is 0 Å². The number of nitrogens with zero attached hydrogens (tertiary/aromatic N) is 5. The number of halogens is 1. The summed E-state index contributed by atoms with van der Waals surface area (Å²) < 4.78 is 14.8. The zero-order valence-corrected chi connectivity index (χ0v) is 15.1. The zero-order chi connectivity index (χ0) is 17.9. The number of allylic oxidation sites excluding steroid dienone is 1. The molecule has 0 fully saturated rings. The number of rotatable bonds is 5. The lowest BCUT2D eigenvalue weighted by Gasteiger charge is -2.26. The zero-order valence-electron chi connectivity index (χ0n) is 14.3. The van der Waals surface area contributed by atoms with Crippen LogP contribution in [-0.2, 0) is 13.1 Å². The van der Waals surface area contributed by atoms with Crippen LogP contribution >= 0.6 is 11.8 Å². The topological polar surface area (TPSA) is 46.8 Å². The van der Waals surface area contributed by atoms with Crippen molar-refractivity contribution in [3.05, 3.63) is 88.7 Å². The van der Waals surface area contributed by atoms with E-state index in [-0.39, 0.29) is 11.2 Å². The lowest BCUT2D eigenvalue weighted by molar-refractivity contribution is 0.325. The average Bonchev–Trinajstić information content (AvgIpc) is 3.25. The molecule has 132 valence electrons. The van der Waals surface area contributed by atoms with E-state index >= 15 is 0 Å². The summed E-state index contributed by atoms with van der Waals surface area (Å²) >= 11 is 1.73. The van der Waals surface area contributed by atoms with Gasteiger partial charge < -0.3 is 4.90 Å². The molecule has 0 bridgehead atoms. The standard InChI is InChI=1S/C19H18FN5S/c1-14-13-26-19(25(14)11-16-3-2-8-21-9-16)18-12-24(23-22-18)10-15-4-6-17(20)7-5-15/h2-9,12-13,19H,10-11H2,1H3. The van der Waals surface area contributed by atoms with Crippen molar-refractivity contribution in [1.29, 1.82) is 0 Å². The summed E-state index contributed by atoms with van der Waals surface area (Å²) in [6, 6.07) is 10.5. The average molecular weight is 367 g/mol. The van der Waals surface area contributed by atoms with Gasteiger partial charge >= 0.3 is 0 Å². The van der Waals surface area contributed by atoms with E-state index < -0.39 is 0 Å². The molecule has 0 amide bonds. The van der Waals surface area contributed by atoms with Gasteiger partial charge in [0.25, 0.3) is 0 Å². The third-order valence-corrected chi connectivity index (χ3v) is 5.48. The molecule has 1 unspecified atom stereocenters. The molecule has 1 aliphatic rings. The third-order valence-electron chi connectivity index (χ3n) is 4.25. The van der Waals surface area contributed by atoms with Gasteiger partial charge in [-0.3, -0.25) is 4.98 Å². The van der Waals surface area contributed by atoms with Crippen molar-refractivity contribution in [1.82, 2.24) is 24.9 Å². The number of hydrogen-bond acceptors (Lipinski definition) is 5. The highest BCUT2D eigenvalue weighted by Gasteiger charge is 2.28. The Hall–Kier alpha value is -2.67. The van der Waals surface area contributed by atoms with Crippen LogP contribution < -0.4 is 0 Å². The molecule has 0 radical (unpaired) electrons. The monoisotopic (exact) mass is 367 g/mol. The van der Waals surface area contributed by atoms with Crippen molar-refractivity contribution in [3.8, 4) is 0 Å². The van der Waals surface area contributed by atoms with E-state index in [9.17, 15) is 4.39 Å². The summed E-state index contributed by atoms with van der Waals surface area (Å²) in [5.74, 6) is -0.233. The van der Waals surface area contributed by atoms with E-state index in [2.05, 4.69) is 38.6 Å². The fraction of sp³-hybridized carbons (Fsp3) is 0.211. The Balaban J connectivity index is 1.50. The Bertz CT molecular complexity index is 907. The minimum absolute atomic E-state index is 0.0946. The number of thioether (sulfide) groups is 1. The van der Waals surface area contributed by atoms with E-state index in [1.807, 2.05) is 18.5 Å². The van der Waals surface area contributed by atoms with Gasteiger partial charge in [0.05, 0.1) is 12.7 Å². The molecule has 5 nitrogen and oxygen atoms in total. The van der Waals surface area contributed by atoms with Crippen LogP contribution in [0.25, 0.3) is 0 Å². The molecule has 0 saturated carbocycles. The molecule has 4 rings (SSSR count). The number of benzene rings is 1. The smallest absolute Gasteiger partial charge is 0.125 e. The molecule has 0 spiro atoms. The fourth-order valence-corrected chi connectivity index (χ4v) is 3.99. The first-order valence-corrected chi connectivity index (χ1v) is 9.25. The number of pyridine rings is 1. The highest BCUT2D eigenvalue weighted by Crippen LogP contribution is 2.42. The van der Waals surface area contributed by atoms with E-state index in [4.69, 9.17) is 0 Å². The van der Waals surface area contributed by atoms with Gasteiger partial charge in [0.2, 0.25) is 0 Å². The van der Waals surface area contributed by atoms with Crippen molar-refractivity contribution in [2.45, 2.75) is 25.4 Å². The highest BCUT2D eigenvalue weighted by atomic mass is 32.2. The molecule has 2 aromatic heterocycles. The lowest BCUT2D eigenvalue weighted by atomic mass is 10.2. The Morgan fingerprint density at radius 1 is 1.12 bits per heavy atom. The lowest BCUT2D eigenvalue weighted by Crippen LogP contribution is -2.21. The second-order valence-corrected chi connectivity index (χ2v) is 7.16. The Kier molecular flexibility index (Phi) is 4.71. The maximum absolute atomic E-state index is 13.0. The maximum atomic E-state index is 13.0. The summed E-state index contributed by atoms with van der Waals surface area (Å²) in [6.07, 6.45) is 5.63. The largest absolute Gasteiger partial charge is 0.353 e. The van der Waals surface area contributed by atoms with Gasteiger partial charge in [-0.2, -0.15) is 0 Å². The predicted molar refractivity (Wildman–Crippen MR) is 99.4 cm³/mol. The Labute approximate surface area is 155 Å². The minimum atomic E-state index is -0.233. The predicted octanol–water partition coefficient (Wildman–Crippen LogP) is 3.97. The summed E-state index contributed by atoms with van der Waals surface area (Å²) in [5.41, 5.74) is 4.26. The third kappa shape index (κ3) is 3.62. The second kappa shape index (κ2) is 7.29. The molecule has 1 aliphatic heterocycles. The van der Waals surface area contributed by atoms with Crippen molar-refractivity contribution in [2.24, 2.45) is 0 Å². The van der Waals surface area contributed by atoms with Gasteiger partial charge in [0.15, 0.2) is 0 Å². The first-order valence-electron chi connectivity index (χ1n) is 8.31. The Morgan fingerprint density at radius 2 is 1.96 bits per heavy atom. The molecular weight excluding hydrogens is 349 g/mol. The quantitative estimate of drug-likeness (QED) is 0.683. The van der Waals surface area contributed by atoms with Gasteiger partial charge in [-0.05, 0) is 41.7 Å². The molecule has 0 aliphatic carbocycles. The van der Waals surface area contributed by atoms with E-state index in [0.29, 0.717) is 6.54 Å². The summed E-state index contributed by atoms with van der Waals surface area (Å²) in [6.45, 7) is 3.45. The van der Waals surface area contributed by atoms with Crippen molar-refractivity contribution in [2.75, 3.05) is 0 Å². The first kappa shape index (κ1) is 16.8. The normalized spacial score (nSPS) is 16.8. The molecule has 0 N–H and O–H groups in total. The number of hydrogen-bond donors (Lipinski definition) is 0. The fourth-order valence-electron chi connectivity index (χ4n) is 2.90. The maximum Gasteiger partial charge on any atom is 0.125 e. The molecule has 7 heteroatoms. The van der Waals surface area contributed by atoms with Gasteiger partial charge in [-0.15, -0.1) is 16.9 Å². The molecule has 3 heterocycles. The van der Waals surface area contributed by atoms with Crippen molar-refractivity contribution >= 4 is 11.8 Å². The molecule has 1 aromatic carbocycles. The Morgan fingerprint density at radius 3 is 2.73 bits per heavy atom. The van der Waals surface area contributed by atoms with Gasteiger partial charge in [0.1, 0.15) is 16.9 Å². The second-order valence-electron chi connectivity index (χ2n) is 6.20. The van der Waals surface area contributed by atoms with Crippen LogP contribution in [0, 0.1) is 5.82 Å². The summed E-state index contributed by atoms with van der Waals surface area (Å²) in [5, 5.41) is 10.9. The number of aromatic nitrogens is 4. The van der Waals surface area contributed by atoms with E-state index in [0.717, 1.165) is 23.4 Å². The van der Waals surface area contributed by atoms with Crippen LogP contribution in [0.2, 0.25) is 0 Å². The van der Waals surface area contributed by atoms with Crippen LogP contribution in [-0.4, -0.2) is 24.9 Å². The molecule has 26 heavy (non-hydrogen) atoms. The highest BCUT2D eigenvalue weighted by molar-refractivity contribution is 8.02. The van der Waals surface area contributed by atoms with Crippen LogP contribution in [0.4, 0.5) is 4.39 Å². The molecule has 0 saturated heterocycles. The van der Waals surface area contributed by atoms with Crippen LogP contribution in [0.1, 0.15) is 29.1 Å². The van der Waals surface area contributed by atoms with Crippen molar-refractivity contribution in [3.63, 3.8) is 0 Å².